The Balaban J connectivity index is 2.01. The summed E-state index contributed by atoms with van der Waals surface area (Å²) in [6.45, 7) is 13.9. The summed E-state index contributed by atoms with van der Waals surface area (Å²) < 4.78 is 66.1. The molecule has 0 bridgehead atoms. The number of esters is 2. The van der Waals surface area contributed by atoms with Crippen LogP contribution in [0.2, 0.25) is 25.7 Å². The standard InChI is InChI=1S/C70H123N2O12PSi/c1-9-12-15-18-21-24-26-27-30-32-35-40-47-60(46-39-34-31-29-25-22-19-16-13-10-2)70(75)81-68-64(71-66(73)55-63(80-59-77-53-54-86(6,7)8)52-41-36-33-28-23-20-17-14-11-3)57-78-65(58-79-67(74)56-72(4)5)69(68)84-85(76,82-61-48-42-37-43-49-61)83-62-50-44-38-45-51-62/h37-38,42-45,48-51,60,63-65,68-69H,9-36,39-41,46-47,52-59H2,1-8H3,(H,71,73)/t60?,63-,64+,65-,68-,69-/m1/s1. The van der Waals surface area contributed by atoms with Crippen LogP contribution in [0.4, 0.5) is 0 Å². The fourth-order valence-electron chi connectivity index (χ4n) is 11.0. The maximum Gasteiger partial charge on any atom is 0.588 e. The summed E-state index contributed by atoms with van der Waals surface area (Å²) in [6, 6.07) is 17.2. The first-order valence-corrected chi connectivity index (χ1v) is 39.7. The number of nitrogens with zero attached hydrogens (tertiary/aromatic N) is 1. The second-order valence-corrected chi connectivity index (χ2v) is 33.1. The normalized spacial score (nSPS) is 17.1. The Morgan fingerprint density at radius 1 is 0.605 bits per heavy atom. The van der Waals surface area contributed by atoms with Crippen molar-refractivity contribution < 1.29 is 56.2 Å². The summed E-state index contributed by atoms with van der Waals surface area (Å²) in [5.74, 6) is -1.30. The van der Waals surface area contributed by atoms with E-state index >= 15 is 9.36 Å². The van der Waals surface area contributed by atoms with Crippen molar-refractivity contribution in [3.05, 3.63) is 60.7 Å². The zero-order valence-electron chi connectivity index (χ0n) is 55.5. The lowest BCUT2D eigenvalue weighted by Crippen LogP contribution is -2.62. The van der Waals surface area contributed by atoms with Gasteiger partial charge in [-0.1, -0.05) is 276 Å². The predicted octanol–water partition coefficient (Wildman–Crippen LogP) is 18.6. The van der Waals surface area contributed by atoms with Gasteiger partial charge in [-0.3, -0.25) is 23.8 Å². The average Bonchev–Trinajstić information content (AvgIpc) is 1.31. The van der Waals surface area contributed by atoms with E-state index in [1.54, 1.807) is 67.5 Å². The summed E-state index contributed by atoms with van der Waals surface area (Å²) in [5, 5.41) is 3.19. The topological polar surface area (TPSA) is 157 Å². The van der Waals surface area contributed by atoms with Crippen molar-refractivity contribution in [3.63, 3.8) is 0 Å². The molecule has 86 heavy (non-hydrogen) atoms. The first kappa shape index (κ1) is 76.9. The first-order chi connectivity index (χ1) is 41.6. The van der Waals surface area contributed by atoms with Crippen molar-refractivity contribution in [1.29, 1.82) is 0 Å². The molecule has 0 aliphatic carbocycles. The van der Waals surface area contributed by atoms with Crippen molar-refractivity contribution >= 4 is 33.7 Å². The van der Waals surface area contributed by atoms with Crippen molar-refractivity contribution in [2.45, 2.75) is 302 Å². The van der Waals surface area contributed by atoms with Gasteiger partial charge in [-0.05, 0) is 63.7 Å². The Hall–Kier alpha value is -3.30. The average molecular weight is 1240 g/mol. The third-order valence-electron chi connectivity index (χ3n) is 16.3. The number of carbonyl (C=O) groups excluding carboxylic acids is 3. The lowest BCUT2D eigenvalue weighted by molar-refractivity contribution is -0.195. The second kappa shape index (κ2) is 48.5. The van der Waals surface area contributed by atoms with Crippen LogP contribution in [0.3, 0.4) is 0 Å². The van der Waals surface area contributed by atoms with Crippen molar-refractivity contribution in [3.8, 4) is 11.5 Å². The molecule has 1 aliphatic heterocycles. The zero-order valence-corrected chi connectivity index (χ0v) is 57.4. The van der Waals surface area contributed by atoms with E-state index in [0.29, 0.717) is 25.9 Å². The molecule has 16 heteroatoms. The monoisotopic (exact) mass is 1240 g/mol. The minimum atomic E-state index is -4.73. The summed E-state index contributed by atoms with van der Waals surface area (Å²) >= 11 is 0. The summed E-state index contributed by atoms with van der Waals surface area (Å²) in [5.41, 5.74) is 0. The van der Waals surface area contributed by atoms with Gasteiger partial charge in [0, 0.05) is 14.7 Å². The van der Waals surface area contributed by atoms with Crippen LogP contribution >= 0.6 is 7.82 Å². The number of likely N-dealkylation sites (N-methyl/N-ethyl adjacent to an activating group) is 1. The fourth-order valence-corrected chi connectivity index (χ4v) is 13.2. The van der Waals surface area contributed by atoms with Gasteiger partial charge in [0.05, 0.1) is 37.6 Å². The van der Waals surface area contributed by atoms with E-state index in [1.165, 1.54) is 141 Å². The van der Waals surface area contributed by atoms with Crippen LogP contribution in [-0.2, 0) is 47.2 Å². The summed E-state index contributed by atoms with van der Waals surface area (Å²) in [7, 11) is -2.54. The summed E-state index contributed by atoms with van der Waals surface area (Å²) in [6.07, 6.45) is 34.6. The van der Waals surface area contributed by atoms with Crippen LogP contribution < -0.4 is 14.4 Å². The molecule has 494 valence electrons. The van der Waals surface area contributed by atoms with Gasteiger partial charge >= 0.3 is 19.8 Å². The van der Waals surface area contributed by atoms with E-state index in [0.717, 1.165) is 63.8 Å². The van der Waals surface area contributed by atoms with Gasteiger partial charge in [0.2, 0.25) is 5.91 Å². The number of hydrogen-bond acceptors (Lipinski definition) is 13. The zero-order chi connectivity index (χ0) is 62.4. The number of ether oxygens (including phenoxy) is 5. The van der Waals surface area contributed by atoms with Gasteiger partial charge in [0.15, 0.2) is 6.10 Å². The highest BCUT2D eigenvalue weighted by atomic mass is 31.2. The predicted molar refractivity (Wildman–Crippen MR) is 354 cm³/mol. The van der Waals surface area contributed by atoms with Gasteiger partial charge in [0.25, 0.3) is 0 Å². The maximum atomic E-state index is 15.5. The Morgan fingerprint density at radius 3 is 1.47 bits per heavy atom. The number of benzene rings is 2. The van der Waals surface area contributed by atoms with Crippen LogP contribution in [0.15, 0.2) is 60.7 Å². The molecule has 0 saturated carbocycles. The fraction of sp³-hybridized carbons (Fsp3) is 0.786. The second-order valence-electron chi connectivity index (χ2n) is 26.0. The van der Waals surface area contributed by atoms with Gasteiger partial charge in [-0.2, -0.15) is 0 Å². The minimum Gasteiger partial charge on any atom is -0.462 e. The number of rotatable bonds is 55. The molecule has 0 aromatic heterocycles. The number of phosphoric ester groups is 1. The van der Waals surface area contributed by atoms with E-state index in [9.17, 15) is 9.59 Å². The Kier molecular flexibility index (Phi) is 43.4. The maximum absolute atomic E-state index is 15.5. The Labute approximate surface area is 524 Å². The highest BCUT2D eigenvalue weighted by Crippen LogP contribution is 2.52. The van der Waals surface area contributed by atoms with Crippen LogP contribution in [-0.4, -0.2) is 109 Å². The highest BCUT2D eigenvalue weighted by molar-refractivity contribution is 7.49. The number of hydrogen-bond donors (Lipinski definition) is 1. The molecule has 3 rings (SSSR count). The van der Waals surface area contributed by atoms with Crippen LogP contribution in [0.1, 0.15) is 245 Å². The lowest BCUT2D eigenvalue weighted by Gasteiger charge is -2.42. The van der Waals surface area contributed by atoms with E-state index in [2.05, 4.69) is 45.7 Å². The SMILES string of the molecule is CCCCCCCCCCCCCCC(CCCCCCCCCCCC)C(=O)O[C@H]1[C@H](OP(=O)(Oc2ccccc2)Oc2ccccc2)[C@@H](COC(=O)CN(C)C)OC[C@@H]1NC(=O)C[C@@H](CCCCCCCCCCC)OCOCC[Si](C)(C)C. The molecule has 0 spiro atoms. The minimum absolute atomic E-state index is 0.00647. The Morgan fingerprint density at radius 2 is 1.03 bits per heavy atom. The van der Waals surface area contributed by atoms with Crippen LogP contribution in [0.5, 0.6) is 11.5 Å². The molecule has 2 aromatic carbocycles. The molecule has 1 heterocycles. The molecule has 1 amide bonds. The van der Waals surface area contributed by atoms with E-state index in [-0.39, 0.29) is 50.4 Å². The number of nitrogens with one attached hydrogen (secondary N) is 1. The van der Waals surface area contributed by atoms with Crippen molar-refractivity contribution in [2.75, 3.05) is 47.3 Å². The highest BCUT2D eigenvalue weighted by Gasteiger charge is 2.51. The molecule has 1 unspecified atom stereocenters. The molecule has 0 radical (unpaired) electrons. The molecule has 1 N–H and O–H groups in total. The van der Waals surface area contributed by atoms with Crippen molar-refractivity contribution in [2.24, 2.45) is 5.92 Å². The summed E-state index contributed by atoms with van der Waals surface area (Å²) in [4.78, 5) is 44.8. The number of amides is 1. The third kappa shape index (κ3) is 38.3. The van der Waals surface area contributed by atoms with Gasteiger partial charge < -0.3 is 38.0 Å². The van der Waals surface area contributed by atoms with Gasteiger partial charge in [-0.15, -0.1) is 0 Å². The molecular weight excluding hydrogens is 1120 g/mol. The largest absolute Gasteiger partial charge is 0.588 e. The van der Waals surface area contributed by atoms with Gasteiger partial charge in [-0.25, -0.2) is 4.57 Å². The van der Waals surface area contributed by atoms with Crippen LogP contribution in [0, 0.1) is 5.92 Å². The third-order valence-corrected chi connectivity index (χ3v) is 19.3. The molecule has 1 fully saturated rings. The smallest absolute Gasteiger partial charge is 0.462 e. The first-order valence-electron chi connectivity index (χ1n) is 34.5. The molecule has 2 aromatic rings. The molecule has 1 saturated heterocycles. The quantitative estimate of drug-likeness (QED) is 0.0220. The number of carbonyl (C=O) groups is 3. The molecule has 1 aliphatic rings. The lowest BCUT2D eigenvalue weighted by atomic mass is 9.93. The van der Waals surface area contributed by atoms with Crippen LogP contribution in [0.25, 0.3) is 0 Å². The van der Waals surface area contributed by atoms with E-state index < -0.39 is 64.2 Å². The molecule has 6 atom stereocenters. The molecular formula is C70H123N2O12PSi. The van der Waals surface area contributed by atoms with Gasteiger partial charge in [0.1, 0.15) is 37.1 Å². The van der Waals surface area contributed by atoms with Crippen molar-refractivity contribution in [1.82, 2.24) is 10.2 Å². The number of phosphoric acid groups is 1. The van der Waals surface area contributed by atoms with E-state index in [1.807, 2.05) is 12.1 Å². The number of para-hydroxylation sites is 2. The number of unbranched alkanes of at least 4 members (excludes halogenated alkanes) is 28. The Bertz CT molecular complexity index is 1990. The molecule has 14 nitrogen and oxygen atoms in total. The van der Waals surface area contributed by atoms with E-state index in [4.69, 9.17) is 37.3 Å².